The fourth-order valence-electron chi connectivity index (χ4n) is 2.97. The van der Waals surface area contributed by atoms with Gasteiger partial charge in [-0.3, -0.25) is 0 Å². The summed E-state index contributed by atoms with van der Waals surface area (Å²) in [4.78, 5) is 0. The van der Waals surface area contributed by atoms with Crippen LogP contribution in [0.1, 0.15) is 0 Å². The van der Waals surface area contributed by atoms with Gasteiger partial charge in [0.2, 0.25) is 0 Å². The molecule has 0 saturated carbocycles. The van der Waals surface area contributed by atoms with Crippen molar-refractivity contribution in [3.63, 3.8) is 0 Å². The van der Waals surface area contributed by atoms with Gasteiger partial charge in [0, 0.05) is 0 Å². The molecule has 3 rings (SSSR count). The van der Waals surface area contributed by atoms with Crippen LogP contribution in [0.4, 0.5) is 0 Å². The van der Waals surface area contributed by atoms with Crippen LogP contribution in [0.25, 0.3) is 0 Å². The zero-order valence-electron chi connectivity index (χ0n) is 14.7. The van der Waals surface area contributed by atoms with E-state index in [-0.39, 0.29) is 0 Å². The predicted octanol–water partition coefficient (Wildman–Crippen LogP) is 2.23. The quantitative estimate of drug-likeness (QED) is 0.604. The second kappa shape index (κ2) is 8.18. The van der Waals surface area contributed by atoms with Crippen LogP contribution >= 0.6 is 0 Å². The van der Waals surface area contributed by atoms with Gasteiger partial charge in [-0.15, -0.1) is 0 Å². The van der Waals surface area contributed by atoms with Crippen LogP contribution in [0.3, 0.4) is 0 Å². The first kappa shape index (κ1) is 17.5. The Kier molecular flexibility index (Phi) is 5.73. The minimum atomic E-state index is -2.16. The standard InChI is InChI=1S/3C7H7O.Ga/c3*1-8-7-5-3-2-4-6-7;/h3*3-6H,1H3;. The van der Waals surface area contributed by atoms with Gasteiger partial charge in [0.15, 0.2) is 0 Å². The molecule has 0 radical (unpaired) electrons. The Hall–Kier alpha value is -2.30. The van der Waals surface area contributed by atoms with E-state index in [1.807, 2.05) is 36.4 Å². The summed E-state index contributed by atoms with van der Waals surface area (Å²) >= 11 is -2.16. The first-order valence-corrected chi connectivity index (χ1v) is 11.8. The van der Waals surface area contributed by atoms with Crippen molar-refractivity contribution in [2.75, 3.05) is 21.3 Å². The summed E-state index contributed by atoms with van der Waals surface area (Å²) in [7, 11) is 5.09. The molecule has 0 aliphatic carbocycles. The molecule has 0 fully saturated rings. The maximum absolute atomic E-state index is 5.31. The van der Waals surface area contributed by atoms with Crippen molar-refractivity contribution in [3.05, 3.63) is 72.8 Å². The third kappa shape index (κ3) is 4.03. The van der Waals surface area contributed by atoms with Crippen molar-refractivity contribution in [2.45, 2.75) is 0 Å². The Balaban J connectivity index is 2.04. The second-order valence-electron chi connectivity index (χ2n) is 5.75. The fourth-order valence-corrected chi connectivity index (χ4v) is 9.02. The summed E-state index contributed by atoms with van der Waals surface area (Å²) in [5, 5.41) is 0. The number of rotatable bonds is 6. The number of benzene rings is 3. The van der Waals surface area contributed by atoms with Crippen LogP contribution in [0.15, 0.2) is 72.8 Å². The van der Waals surface area contributed by atoms with Gasteiger partial charge in [0.25, 0.3) is 0 Å². The van der Waals surface area contributed by atoms with Gasteiger partial charge >= 0.3 is 154 Å². The first-order chi connectivity index (χ1) is 12.2. The molecule has 0 unspecified atom stereocenters. The maximum atomic E-state index is 5.31. The molecule has 3 aromatic rings. The van der Waals surface area contributed by atoms with Crippen molar-refractivity contribution < 1.29 is 14.2 Å². The third-order valence-electron chi connectivity index (χ3n) is 4.35. The van der Waals surface area contributed by atoms with E-state index in [1.165, 1.54) is 12.4 Å². The molecule has 0 aromatic heterocycles. The van der Waals surface area contributed by atoms with Crippen LogP contribution in [-0.4, -0.2) is 37.5 Å². The molecule has 25 heavy (non-hydrogen) atoms. The molecular formula is C21H21GaO3. The predicted molar refractivity (Wildman–Crippen MR) is 104 cm³/mol. The van der Waals surface area contributed by atoms with Gasteiger partial charge in [-0.25, -0.2) is 0 Å². The van der Waals surface area contributed by atoms with Crippen molar-refractivity contribution in [1.29, 1.82) is 0 Å². The SMILES string of the molecule is COc1cc[c]([Ga]([c]2ccc(OC)cc2)[c]2ccc(OC)cc2)cc1. The van der Waals surface area contributed by atoms with Crippen LogP contribution in [0.5, 0.6) is 17.2 Å². The number of methoxy groups -OCH3 is 3. The molecule has 0 aliphatic heterocycles. The molecule has 0 bridgehead atoms. The summed E-state index contributed by atoms with van der Waals surface area (Å²) in [5.41, 5.74) is 0. The normalized spacial score (nSPS) is 10.2. The number of ether oxygens (including phenoxy) is 3. The van der Waals surface area contributed by atoms with E-state index in [9.17, 15) is 0 Å². The third-order valence-corrected chi connectivity index (χ3v) is 11.0. The molecule has 0 aliphatic rings. The Labute approximate surface area is 154 Å². The molecule has 0 heterocycles. The van der Waals surface area contributed by atoms with E-state index < -0.39 is 16.2 Å². The van der Waals surface area contributed by atoms with Gasteiger partial charge in [-0.2, -0.15) is 0 Å². The molecular weight excluding hydrogens is 370 g/mol. The van der Waals surface area contributed by atoms with E-state index in [4.69, 9.17) is 14.2 Å². The minimum absolute atomic E-state index is 0.884. The van der Waals surface area contributed by atoms with Crippen LogP contribution in [0, 0.1) is 0 Å². The van der Waals surface area contributed by atoms with Crippen molar-refractivity contribution >= 4 is 28.6 Å². The summed E-state index contributed by atoms with van der Waals surface area (Å²) in [6.45, 7) is 0. The van der Waals surface area contributed by atoms with Gasteiger partial charge in [-0.1, -0.05) is 0 Å². The van der Waals surface area contributed by atoms with E-state index in [0.29, 0.717) is 0 Å². The average Bonchev–Trinajstić information content (AvgIpc) is 2.70. The Bertz CT molecular complexity index is 683. The summed E-state index contributed by atoms with van der Waals surface area (Å²) in [6.07, 6.45) is 0. The molecule has 0 atom stereocenters. The van der Waals surface area contributed by atoms with Gasteiger partial charge < -0.3 is 0 Å². The summed E-state index contributed by atoms with van der Waals surface area (Å²) < 4.78 is 20.1. The molecule has 0 spiro atoms. The molecule has 4 heteroatoms. The molecule has 0 N–H and O–H groups in total. The van der Waals surface area contributed by atoms with E-state index in [1.54, 1.807) is 21.3 Å². The summed E-state index contributed by atoms with van der Waals surface area (Å²) in [6, 6.07) is 25.4. The Morgan fingerprint density at radius 3 is 0.880 bits per heavy atom. The van der Waals surface area contributed by atoms with Crippen LogP contribution < -0.4 is 26.6 Å². The fraction of sp³-hybridized carbons (Fsp3) is 0.143. The molecule has 0 saturated heterocycles. The number of hydrogen-bond donors (Lipinski definition) is 0. The Morgan fingerprint density at radius 1 is 0.440 bits per heavy atom. The van der Waals surface area contributed by atoms with Gasteiger partial charge in [0.05, 0.1) is 0 Å². The monoisotopic (exact) mass is 390 g/mol. The average molecular weight is 391 g/mol. The zero-order valence-corrected chi connectivity index (χ0v) is 17.2. The van der Waals surface area contributed by atoms with E-state index in [0.717, 1.165) is 17.2 Å². The zero-order chi connectivity index (χ0) is 17.6. The van der Waals surface area contributed by atoms with Crippen molar-refractivity contribution in [2.24, 2.45) is 0 Å². The first-order valence-electron chi connectivity index (χ1n) is 8.17. The second-order valence-corrected chi connectivity index (χ2v) is 11.8. The van der Waals surface area contributed by atoms with Crippen molar-refractivity contribution in [3.8, 4) is 17.2 Å². The molecule has 0 amide bonds. The van der Waals surface area contributed by atoms with Crippen LogP contribution in [0.2, 0.25) is 0 Å². The Morgan fingerprint density at radius 2 is 0.680 bits per heavy atom. The van der Waals surface area contributed by atoms with Gasteiger partial charge in [-0.05, 0) is 0 Å². The van der Waals surface area contributed by atoms with Gasteiger partial charge in [0.1, 0.15) is 0 Å². The molecule has 3 nitrogen and oxygen atoms in total. The van der Waals surface area contributed by atoms with Crippen molar-refractivity contribution in [1.82, 2.24) is 0 Å². The topological polar surface area (TPSA) is 27.7 Å². The summed E-state index contributed by atoms with van der Waals surface area (Å²) in [5.74, 6) is 2.65. The van der Waals surface area contributed by atoms with Crippen LogP contribution in [-0.2, 0) is 0 Å². The molecule has 126 valence electrons. The van der Waals surface area contributed by atoms with E-state index >= 15 is 0 Å². The number of hydrogen-bond acceptors (Lipinski definition) is 3. The molecule has 3 aromatic carbocycles. The van der Waals surface area contributed by atoms with E-state index in [2.05, 4.69) is 36.4 Å².